The summed E-state index contributed by atoms with van der Waals surface area (Å²) in [7, 11) is -1.78. The third-order valence-electron chi connectivity index (χ3n) is 2.94. The van der Waals surface area contributed by atoms with Crippen LogP contribution in [-0.2, 0) is 21.3 Å². The van der Waals surface area contributed by atoms with E-state index in [0.29, 0.717) is 37.1 Å². The van der Waals surface area contributed by atoms with Crippen molar-refractivity contribution in [1.82, 2.24) is 10.0 Å². The lowest BCUT2D eigenvalue weighted by Crippen LogP contribution is -2.26. The van der Waals surface area contributed by atoms with Crippen LogP contribution in [0, 0.1) is 0 Å². The van der Waals surface area contributed by atoms with Gasteiger partial charge < -0.3 is 10.1 Å². The zero-order chi connectivity index (χ0) is 13.7. The van der Waals surface area contributed by atoms with Crippen molar-refractivity contribution in [1.29, 1.82) is 0 Å². The standard InChI is InChI=1S/C12H20N2O3S2/c1-17-7-2-6-14-19(15,16)12-5-8-18-11(12)9-13-10-3-4-10/h5,8,10,13-14H,2-4,6-7,9H2,1H3. The molecule has 0 spiro atoms. The Hall–Kier alpha value is -0.470. The van der Waals surface area contributed by atoms with Crippen LogP contribution in [0.1, 0.15) is 24.1 Å². The Morgan fingerprint density at radius 1 is 1.47 bits per heavy atom. The van der Waals surface area contributed by atoms with Gasteiger partial charge in [-0.1, -0.05) is 0 Å². The molecule has 7 heteroatoms. The van der Waals surface area contributed by atoms with Crippen molar-refractivity contribution in [2.24, 2.45) is 0 Å². The number of rotatable bonds is 9. The molecule has 0 aliphatic heterocycles. The van der Waals surface area contributed by atoms with Crippen LogP contribution >= 0.6 is 11.3 Å². The van der Waals surface area contributed by atoms with Gasteiger partial charge in [0.25, 0.3) is 0 Å². The first-order valence-electron chi connectivity index (χ1n) is 6.42. The minimum absolute atomic E-state index is 0.404. The SMILES string of the molecule is COCCCNS(=O)(=O)c1ccsc1CNC1CC1. The highest BCUT2D eigenvalue weighted by molar-refractivity contribution is 7.89. The van der Waals surface area contributed by atoms with Gasteiger partial charge in [0.1, 0.15) is 0 Å². The van der Waals surface area contributed by atoms with Crippen LogP contribution in [0.15, 0.2) is 16.3 Å². The van der Waals surface area contributed by atoms with Crippen molar-refractivity contribution in [2.75, 3.05) is 20.3 Å². The second kappa shape index (κ2) is 6.81. The van der Waals surface area contributed by atoms with Crippen molar-refractivity contribution >= 4 is 21.4 Å². The molecule has 0 amide bonds. The molecule has 0 radical (unpaired) electrons. The lowest BCUT2D eigenvalue weighted by atomic mass is 10.4. The quantitative estimate of drug-likeness (QED) is 0.675. The summed E-state index contributed by atoms with van der Waals surface area (Å²) in [5.41, 5.74) is 0. The molecule has 0 unspecified atom stereocenters. The number of nitrogens with one attached hydrogen (secondary N) is 2. The van der Waals surface area contributed by atoms with Gasteiger partial charge in [-0.3, -0.25) is 0 Å². The molecule has 1 saturated carbocycles. The van der Waals surface area contributed by atoms with Gasteiger partial charge in [0.2, 0.25) is 10.0 Å². The monoisotopic (exact) mass is 304 g/mol. The van der Waals surface area contributed by atoms with E-state index in [1.807, 2.05) is 5.38 Å². The number of hydrogen-bond acceptors (Lipinski definition) is 5. The molecule has 1 aromatic rings. The van der Waals surface area contributed by atoms with E-state index < -0.39 is 10.0 Å². The van der Waals surface area contributed by atoms with Gasteiger partial charge in [0, 0.05) is 37.7 Å². The number of ether oxygens (including phenoxy) is 1. The van der Waals surface area contributed by atoms with Crippen LogP contribution in [0.4, 0.5) is 0 Å². The Balaban J connectivity index is 1.92. The van der Waals surface area contributed by atoms with Gasteiger partial charge >= 0.3 is 0 Å². The molecule has 108 valence electrons. The van der Waals surface area contributed by atoms with Gasteiger partial charge in [-0.25, -0.2) is 13.1 Å². The first-order chi connectivity index (χ1) is 9.13. The summed E-state index contributed by atoms with van der Waals surface area (Å²) >= 11 is 1.48. The molecule has 19 heavy (non-hydrogen) atoms. The fourth-order valence-electron chi connectivity index (χ4n) is 1.72. The van der Waals surface area contributed by atoms with Crippen molar-refractivity contribution in [3.05, 3.63) is 16.3 Å². The van der Waals surface area contributed by atoms with E-state index in [0.717, 1.165) is 4.88 Å². The van der Waals surface area contributed by atoms with E-state index in [4.69, 9.17) is 4.74 Å². The van der Waals surface area contributed by atoms with Crippen LogP contribution in [0.2, 0.25) is 0 Å². The maximum atomic E-state index is 12.2. The molecule has 1 aliphatic rings. The lowest BCUT2D eigenvalue weighted by molar-refractivity contribution is 0.196. The fraction of sp³-hybridized carbons (Fsp3) is 0.667. The molecule has 1 heterocycles. The predicted octanol–water partition coefficient (Wildman–Crippen LogP) is 1.31. The summed E-state index contributed by atoms with van der Waals surface area (Å²) < 4.78 is 31.8. The second-order valence-electron chi connectivity index (χ2n) is 4.61. The smallest absolute Gasteiger partial charge is 0.241 e. The molecular weight excluding hydrogens is 284 g/mol. The van der Waals surface area contributed by atoms with Gasteiger partial charge in [-0.05, 0) is 30.7 Å². The van der Waals surface area contributed by atoms with Gasteiger partial charge in [0.05, 0.1) is 4.90 Å². The molecule has 0 bridgehead atoms. The lowest BCUT2D eigenvalue weighted by Gasteiger charge is -2.08. The maximum Gasteiger partial charge on any atom is 0.241 e. The zero-order valence-corrected chi connectivity index (χ0v) is 12.6. The average Bonchev–Trinajstić information content (AvgIpc) is 3.08. The fourth-order valence-corrected chi connectivity index (χ4v) is 4.19. The largest absolute Gasteiger partial charge is 0.385 e. The zero-order valence-electron chi connectivity index (χ0n) is 11.0. The third kappa shape index (κ3) is 4.54. The molecule has 1 fully saturated rings. The van der Waals surface area contributed by atoms with E-state index >= 15 is 0 Å². The summed E-state index contributed by atoms with van der Waals surface area (Å²) in [6.07, 6.45) is 3.07. The predicted molar refractivity (Wildman–Crippen MR) is 75.9 cm³/mol. The van der Waals surface area contributed by atoms with Crippen LogP contribution in [-0.4, -0.2) is 34.7 Å². The second-order valence-corrected chi connectivity index (χ2v) is 7.34. The van der Waals surface area contributed by atoms with Crippen LogP contribution in [0.5, 0.6) is 0 Å². The molecule has 2 rings (SSSR count). The van der Waals surface area contributed by atoms with Crippen molar-refractivity contribution in [3.63, 3.8) is 0 Å². The summed E-state index contributed by atoms with van der Waals surface area (Å²) in [4.78, 5) is 1.29. The van der Waals surface area contributed by atoms with Gasteiger partial charge in [0.15, 0.2) is 0 Å². The number of sulfonamides is 1. The topological polar surface area (TPSA) is 67.4 Å². The van der Waals surface area contributed by atoms with E-state index in [2.05, 4.69) is 10.0 Å². The molecule has 0 atom stereocenters. The molecular formula is C12H20N2O3S2. The summed E-state index contributed by atoms with van der Waals surface area (Å²) in [5.74, 6) is 0. The van der Waals surface area contributed by atoms with E-state index in [1.54, 1.807) is 13.2 Å². The molecule has 1 aliphatic carbocycles. The third-order valence-corrected chi connectivity index (χ3v) is 5.54. The summed E-state index contributed by atoms with van der Waals surface area (Å²) in [6.45, 7) is 1.60. The highest BCUT2D eigenvalue weighted by atomic mass is 32.2. The van der Waals surface area contributed by atoms with Crippen LogP contribution < -0.4 is 10.0 Å². The van der Waals surface area contributed by atoms with E-state index in [1.165, 1.54) is 24.2 Å². The highest BCUT2D eigenvalue weighted by Gasteiger charge is 2.23. The Labute approximate surface area is 118 Å². The van der Waals surface area contributed by atoms with Crippen molar-refractivity contribution < 1.29 is 13.2 Å². The van der Waals surface area contributed by atoms with Gasteiger partial charge in [-0.15, -0.1) is 11.3 Å². The molecule has 2 N–H and O–H groups in total. The Kier molecular flexibility index (Phi) is 5.35. The summed E-state index contributed by atoms with van der Waals surface area (Å²) in [6, 6.07) is 2.25. The first kappa shape index (κ1) is 14.9. The minimum atomic E-state index is -3.39. The minimum Gasteiger partial charge on any atom is -0.385 e. The van der Waals surface area contributed by atoms with E-state index in [9.17, 15) is 8.42 Å². The van der Waals surface area contributed by atoms with Gasteiger partial charge in [-0.2, -0.15) is 0 Å². The molecule has 0 aromatic carbocycles. The Morgan fingerprint density at radius 3 is 2.95 bits per heavy atom. The Morgan fingerprint density at radius 2 is 2.26 bits per heavy atom. The Bertz CT molecular complexity index is 495. The average molecular weight is 304 g/mol. The van der Waals surface area contributed by atoms with Crippen LogP contribution in [0.3, 0.4) is 0 Å². The number of methoxy groups -OCH3 is 1. The van der Waals surface area contributed by atoms with Crippen LogP contribution in [0.25, 0.3) is 0 Å². The first-order valence-corrected chi connectivity index (χ1v) is 8.78. The maximum absolute atomic E-state index is 12.2. The normalized spacial score (nSPS) is 15.8. The summed E-state index contributed by atoms with van der Waals surface area (Å²) in [5, 5.41) is 5.17. The van der Waals surface area contributed by atoms with Crippen molar-refractivity contribution in [2.45, 2.75) is 36.7 Å². The number of hydrogen-bond donors (Lipinski definition) is 2. The molecule has 1 aromatic heterocycles. The number of thiophene rings is 1. The molecule has 0 saturated heterocycles. The highest BCUT2D eigenvalue weighted by Crippen LogP contribution is 2.24. The van der Waals surface area contributed by atoms with Crippen molar-refractivity contribution in [3.8, 4) is 0 Å². The van der Waals surface area contributed by atoms with E-state index in [-0.39, 0.29) is 0 Å². The molecule has 5 nitrogen and oxygen atoms in total.